The number of piperidine rings is 1. The average Bonchev–Trinajstić information content (AvgIpc) is 2.46. The van der Waals surface area contributed by atoms with Gasteiger partial charge in [-0.3, -0.25) is 0 Å². The third-order valence-electron chi connectivity index (χ3n) is 4.00. The molecule has 2 heterocycles. The fourth-order valence-electron chi connectivity index (χ4n) is 3.01. The van der Waals surface area contributed by atoms with Crippen molar-refractivity contribution in [2.45, 2.75) is 19.8 Å². The predicted molar refractivity (Wildman–Crippen MR) is 81.9 cm³/mol. The second kappa shape index (κ2) is 5.08. The van der Waals surface area contributed by atoms with Crippen molar-refractivity contribution in [1.82, 2.24) is 4.98 Å². The summed E-state index contributed by atoms with van der Waals surface area (Å²) in [5, 5.41) is 5.74. The minimum atomic E-state index is 0.762. The Kier molecular flexibility index (Phi) is 3.28. The molecule has 1 aromatic heterocycles. The van der Waals surface area contributed by atoms with Gasteiger partial charge < -0.3 is 10.2 Å². The first-order valence-electron chi connectivity index (χ1n) is 7.10. The number of fused-ring (bicyclic) bond motifs is 1. The summed E-state index contributed by atoms with van der Waals surface area (Å²) in [5.74, 6) is 1.90. The Morgan fingerprint density at radius 3 is 2.79 bits per heavy atom. The van der Waals surface area contributed by atoms with Crippen LogP contribution in [-0.2, 0) is 0 Å². The van der Waals surface area contributed by atoms with E-state index in [1.165, 1.54) is 23.6 Å². The van der Waals surface area contributed by atoms with Crippen molar-refractivity contribution < 1.29 is 0 Å². The molecule has 3 rings (SSSR count). The molecule has 0 spiro atoms. The van der Waals surface area contributed by atoms with Gasteiger partial charge in [0.1, 0.15) is 5.82 Å². The van der Waals surface area contributed by atoms with Crippen LogP contribution in [0.4, 0.5) is 11.5 Å². The maximum absolute atomic E-state index is 4.70. The van der Waals surface area contributed by atoms with Crippen molar-refractivity contribution >= 4 is 22.3 Å². The summed E-state index contributed by atoms with van der Waals surface area (Å²) in [6.07, 6.45) is 4.56. The first-order valence-corrected chi connectivity index (χ1v) is 7.10. The average molecular weight is 255 g/mol. The minimum Gasteiger partial charge on any atom is -0.386 e. The Bertz CT molecular complexity index is 579. The van der Waals surface area contributed by atoms with Gasteiger partial charge in [-0.1, -0.05) is 31.2 Å². The van der Waals surface area contributed by atoms with E-state index in [1.807, 2.05) is 13.2 Å². The predicted octanol–water partition coefficient (Wildman–Crippen LogP) is 3.51. The Balaban J connectivity index is 2.09. The Labute approximate surface area is 114 Å². The number of pyridine rings is 1. The van der Waals surface area contributed by atoms with Crippen molar-refractivity contribution in [2.75, 3.05) is 30.4 Å². The summed E-state index contributed by atoms with van der Waals surface area (Å²) in [5.41, 5.74) is 1.10. The molecule has 1 aliphatic rings. The van der Waals surface area contributed by atoms with Crippen molar-refractivity contribution in [1.29, 1.82) is 0 Å². The molecule has 0 amide bonds. The first-order chi connectivity index (χ1) is 9.29. The second-order valence-electron chi connectivity index (χ2n) is 5.48. The summed E-state index contributed by atoms with van der Waals surface area (Å²) < 4.78 is 0. The Hall–Kier alpha value is -1.77. The van der Waals surface area contributed by atoms with E-state index in [9.17, 15) is 0 Å². The van der Waals surface area contributed by atoms with Crippen molar-refractivity contribution in [2.24, 2.45) is 5.92 Å². The lowest BCUT2D eigenvalue weighted by Crippen LogP contribution is -2.34. The molecule has 1 saturated heterocycles. The van der Waals surface area contributed by atoms with Gasteiger partial charge in [-0.15, -0.1) is 0 Å². The fraction of sp³-hybridized carbons (Fsp3) is 0.438. The minimum absolute atomic E-state index is 0.762. The Morgan fingerprint density at radius 2 is 2.05 bits per heavy atom. The third kappa shape index (κ3) is 2.25. The summed E-state index contributed by atoms with van der Waals surface area (Å²) in [6, 6.07) is 8.53. The highest BCUT2D eigenvalue weighted by molar-refractivity contribution is 6.00. The zero-order valence-electron chi connectivity index (χ0n) is 11.7. The SMILES string of the molecule is CNc1cnc(N2CCCC(C)C2)c2ccccc12. The number of rotatable bonds is 2. The fourth-order valence-corrected chi connectivity index (χ4v) is 3.01. The van der Waals surface area contributed by atoms with Crippen LogP contribution in [0.3, 0.4) is 0 Å². The van der Waals surface area contributed by atoms with Crippen LogP contribution >= 0.6 is 0 Å². The number of hydrogen-bond acceptors (Lipinski definition) is 3. The third-order valence-corrected chi connectivity index (χ3v) is 4.00. The van der Waals surface area contributed by atoms with Gasteiger partial charge in [-0.25, -0.2) is 4.98 Å². The summed E-state index contributed by atoms with van der Waals surface area (Å²) in [4.78, 5) is 7.14. The lowest BCUT2D eigenvalue weighted by molar-refractivity contribution is 0.445. The quantitative estimate of drug-likeness (QED) is 0.890. The maximum atomic E-state index is 4.70. The van der Waals surface area contributed by atoms with E-state index in [2.05, 4.69) is 41.4 Å². The van der Waals surface area contributed by atoms with Gasteiger partial charge in [0.2, 0.25) is 0 Å². The standard InChI is InChI=1S/C16H21N3/c1-12-6-5-9-19(11-12)16-14-8-4-3-7-13(14)15(17-2)10-18-16/h3-4,7-8,10,12,17H,5-6,9,11H2,1-2H3. The van der Waals surface area contributed by atoms with Crippen LogP contribution in [0.5, 0.6) is 0 Å². The maximum Gasteiger partial charge on any atom is 0.136 e. The molecule has 1 fully saturated rings. The smallest absolute Gasteiger partial charge is 0.136 e. The van der Waals surface area contributed by atoms with Gasteiger partial charge >= 0.3 is 0 Å². The summed E-state index contributed by atoms with van der Waals surface area (Å²) in [6.45, 7) is 4.58. The van der Waals surface area contributed by atoms with Gasteiger partial charge in [0.05, 0.1) is 11.9 Å². The van der Waals surface area contributed by atoms with Crippen molar-refractivity contribution in [3.05, 3.63) is 30.5 Å². The lowest BCUT2D eigenvalue weighted by Gasteiger charge is -2.32. The van der Waals surface area contributed by atoms with Gasteiger partial charge in [0, 0.05) is 30.9 Å². The van der Waals surface area contributed by atoms with Crippen LogP contribution in [0.25, 0.3) is 10.8 Å². The number of anilines is 2. The number of hydrogen-bond donors (Lipinski definition) is 1. The first kappa shape index (κ1) is 12.3. The highest BCUT2D eigenvalue weighted by Gasteiger charge is 2.19. The Morgan fingerprint density at radius 1 is 1.26 bits per heavy atom. The van der Waals surface area contributed by atoms with Gasteiger partial charge in [-0.2, -0.15) is 0 Å². The van der Waals surface area contributed by atoms with Crippen LogP contribution in [0, 0.1) is 5.92 Å². The van der Waals surface area contributed by atoms with Crippen molar-refractivity contribution in [3.63, 3.8) is 0 Å². The number of benzene rings is 1. The van der Waals surface area contributed by atoms with Gasteiger partial charge in [0.25, 0.3) is 0 Å². The molecule has 1 aliphatic heterocycles. The molecule has 0 aliphatic carbocycles. The normalized spacial score (nSPS) is 19.7. The van der Waals surface area contributed by atoms with Gasteiger partial charge in [0.15, 0.2) is 0 Å². The number of aromatic nitrogens is 1. The van der Waals surface area contributed by atoms with Gasteiger partial charge in [-0.05, 0) is 18.8 Å². The lowest BCUT2D eigenvalue weighted by atomic mass is 9.99. The van der Waals surface area contributed by atoms with E-state index < -0.39 is 0 Å². The number of nitrogens with zero attached hydrogens (tertiary/aromatic N) is 2. The van der Waals surface area contributed by atoms with Crippen LogP contribution in [0.2, 0.25) is 0 Å². The van der Waals surface area contributed by atoms with Crippen LogP contribution in [0.1, 0.15) is 19.8 Å². The molecule has 0 radical (unpaired) electrons. The molecule has 19 heavy (non-hydrogen) atoms. The zero-order chi connectivity index (χ0) is 13.2. The molecule has 0 saturated carbocycles. The van der Waals surface area contributed by atoms with Crippen LogP contribution < -0.4 is 10.2 Å². The van der Waals surface area contributed by atoms with E-state index in [0.717, 1.165) is 30.5 Å². The van der Waals surface area contributed by atoms with Crippen LogP contribution in [0.15, 0.2) is 30.5 Å². The highest BCUT2D eigenvalue weighted by atomic mass is 15.2. The second-order valence-corrected chi connectivity index (χ2v) is 5.48. The molecule has 100 valence electrons. The molecule has 2 aromatic rings. The molecule has 1 N–H and O–H groups in total. The molecular weight excluding hydrogens is 234 g/mol. The van der Waals surface area contributed by atoms with E-state index in [0.29, 0.717) is 0 Å². The van der Waals surface area contributed by atoms with Crippen LogP contribution in [-0.4, -0.2) is 25.1 Å². The topological polar surface area (TPSA) is 28.2 Å². The summed E-state index contributed by atoms with van der Waals surface area (Å²) >= 11 is 0. The zero-order valence-corrected chi connectivity index (χ0v) is 11.7. The highest BCUT2D eigenvalue weighted by Crippen LogP contribution is 2.31. The van der Waals surface area contributed by atoms with E-state index in [-0.39, 0.29) is 0 Å². The molecule has 3 heteroatoms. The molecular formula is C16H21N3. The van der Waals surface area contributed by atoms with E-state index in [4.69, 9.17) is 4.98 Å². The largest absolute Gasteiger partial charge is 0.386 e. The monoisotopic (exact) mass is 255 g/mol. The van der Waals surface area contributed by atoms with E-state index in [1.54, 1.807) is 0 Å². The molecule has 1 atom stereocenters. The van der Waals surface area contributed by atoms with E-state index >= 15 is 0 Å². The van der Waals surface area contributed by atoms with Crippen molar-refractivity contribution in [3.8, 4) is 0 Å². The number of nitrogens with one attached hydrogen (secondary N) is 1. The molecule has 1 aromatic carbocycles. The molecule has 3 nitrogen and oxygen atoms in total. The molecule has 1 unspecified atom stereocenters. The molecule has 0 bridgehead atoms. The summed E-state index contributed by atoms with van der Waals surface area (Å²) in [7, 11) is 1.95.